The normalized spacial score (nSPS) is 27.3. The highest BCUT2D eigenvalue weighted by Crippen LogP contribution is 2.33. The van der Waals surface area contributed by atoms with Gasteiger partial charge in [-0.05, 0) is 18.1 Å². The number of nitrogens with zero attached hydrogens (tertiary/aromatic N) is 1. The fourth-order valence-corrected chi connectivity index (χ4v) is 3.91. The van der Waals surface area contributed by atoms with Gasteiger partial charge in [-0.15, -0.1) is 11.3 Å². The third-order valence-electron chi connectivity index (χ3n) is 4.04. The quantitative estimate of drug-likeness (QED) is 0.942. The molecule has 2 aromatic rings. The molecule has 0 spiro atoms. The number of para-hydroxylation sites is 1. The zero-order chi connectivity index (χ0) is 14.2. The lowest BCUT2D eigenvalue weighted by Crippen LogP contribution is -2.44. The molecular weight excluding hydrogens is 270 g/mol. The van der Waals surface area contributed by atoms with E-state index in [2.05, 4.69) is 24.9 Å². The number of thiazole rings is 1. The van der Waals surface area contributed by atoms with Crippen molar-refractivity contribution in [2.24, 2.45) is 5.92 Å². The van der Waals surface area contributed by atoms with E-state index < -0.39 is 5.60 Å². The molecule has 1 aliphatic heterocycles. The van der Waals surface area contributed by atoms with Gasteiger partial charge in [0, 0.05) is 25.9 Å². The summed E-state index contributed by atoms with van der Waals surface area (Å²) in [5, 5.41) is 11.9. The second kappa shape index (κ2) is 5.43. The van der Waals surface area contributed by atoms with E-state index in [0.717, 1.165) is 10.5 Å². The molecule has 3 rings (SSSR count). The van der Waals surface area contributed by atoms with E-state index in [1.807, 2.05) is 18.2 Å². The van der Waals surface area contributed by atoms with Crippen LogP contribution in [-0.4, -0.2) is 28.4 Å². The summed E-state index contributed by atoms with van der Waals surface area (Å²) in [4.78, 5) is 4.64. The van der Waals surface area contributed by atoms with Crippen molar-refractivity contribution in [3.63, 3.8) is 0 Å². The maximum Gasteiger partial charge on any atom is 0.0967 e. The Morgan fingerprint density at radius 1 is 1.45 bits per heavy atom. The molecule has 0 radical (unpaired) electrons. The number of benzene rings is 1. The van der Waals surface area contributed by atoms with E-state index in [4.69, 9.17) is 4.74 Å². The molecule has 108 valence electrons. The summed E-state index contributed by atoms with van der Waals surface area (Å²) >= 11 is 1.69. The maximum atomic E-state index is 10.9. The summed E-state index contributed by atoms with van der Waals surface area (Å²) < 4.78 is 6.95. The van der Waals surface area contributed by atoms with Crippen LogP contribution in [0, 0.1) is 5.92 Å². The zero-order valence-electron chi connectivity index (χ0n) is 12.0. The van der Waals surface area contributed by atoms with E-state index in [1.165, 1.54) is 4.70 Å². The van der Waals surface area contributed by atoms with Crippen molar-refractivity contribution in [1.29, 1.82) is 0 Å². The van der Waals surface area contributed by atoms with Crippen molar-refractivity contribution in [3.05, 3.63) is 29.3 Å². The molecule has 1 aromatic heterocycles. The average molecular weight is 291 g/mol. The zero-order valence-corrected chi connectivity index (χ0v) is 12.8. The number of fused-ring (bicyclic) bond motifs is 1. The molecule has 0 aliphatic carbocycles. The third kappa shape index (κ3) is 2.87. The Bertz CT molecular complexity index is 562. The molecule has 1 aromatic carbocycles. The molecule has 20 heavy (non-hydrogen) atoms. The first-order valence-electron chi connectivity index (χ1n) is 7.24. The highest BCUT2D eigenvalue weighted by molar-refractivity contribution is 7.18. The van der Waals surface area contributed by atoms with E-state index in [0.29, 0.717) is 31.8 Å². The number of rotatable bonds is 3. The summed E-state index contributed by atoms with van der Waals surface area (Å²) in [6, 6.07) is 8.15. The van der Waals surface area contributed by atoms with Crippen molar-refractivity contribution in [2.45, 2.75) is 44.8 Å². The monoisotopic (exact) mass is 291 g/mol. The summed E-state index contributed by atoms with van der Waals surface area (Å²) in [6.45, 7) is 4.94. The first kappa shape index (κ1) is 14.0. The molecule has 1 saturated heterocycles. The predicted octanol–water partition coefficient (Wildman–Crippen LogP) is 3.40. The lowest BCUT2D eigenvalue weighted by atomic mass is 9.84. The lowest BCUT2D eigenvalue weighted by molar-refractivity contribution is -0.116. The molecule has 4 heteroatoms. The van der Waals surface area contributed by atoms with Crippen LogP contribution in [-0.2, 0) is 11.2 Å². The molecule has 1 N–H and O–H groups in total. The third-order valence-corrected chi connectivity index (χ3v) is 5.08. The van der Waals surface area contributed by atoms with Gasteiger partial charge in [-0.1, -0.05) is 26.0 Å². The molecule has 2 atom stereocenters. The van der Waals surface area contributed by atoms with Crippen LogP contribution in [0.15, 0.2) is 24.3 Å². The highest BCUT2D eigenvalue weighted by atomic mass is 32.1. The van der Waals surface area contributed by atoms with E-state index in [9.17, 15) is 5.11 Å². The topological polar surface area (TPSA) is 42.4 Å². The fourth-order valence-electron chi connectivity index (χ4n) is 2.80. The average Bonchev–Trinajstić information content (AvgIpc) is 2.79. The summed E-state index contributed by atoms with van der Waals surface area (Å²) in [7, 11) is 0. The van der Waals surface area contributed by atoms with Gasteiger partial charge >= 0.3 is 0 Å². The van der Waals surface area contributed by atoms with Gasteiger partial charge in [0.25, 0.3) is 0 Å². The van der Waals surface area contributed by atoms with Gasteiger partial charge in [0.1, 0.15) is 0 Å². The summed E-state index contributed by atoms with van der Waals surface area (Å²) in [5.74, 6) is 0.442. The minimum Gasteiger partial charge on any atom is -0.389 e. The molecule has 3 nitrogen and oxygen atoms in total. The second-order valence-corrected chi connectivity index (χ2v) is 7.20. The van der Waals surface area contributed by atoms with Crippen molar-refractivity contribution >= 4 is 21.6 Å². The van der Waals surface area contributed by atoms with Gasteiger partial charge in [0.05, 0.1) is 26.9 Å². The minimum absolute atomic E-state index is 0.156. The van der Waals surface area contributed by atoms with E-state index in [-0.39, 0.29) is 6.10 Å². The standard InChI is InChI=1S/C16H21NO2S/c1-11(2)13-9-16(18,7-8-19-13)10-15-17-12-5-3-4-6-14(12)20-15/h3-6,11,13,18H,7-10H2,1-2H3. The first-order valence-corrected chi connectivity index (χ1v) is 8.06. The highest BCUT2D eigenvalue weighted by Gasteiger charge is 2.37. The SMILES string of the molecule is CC(C)C1CC(O)(Cc2nc3ccccc3s2)CCO1. The summed E-state index contributed by atoms with van der Waals surface area (Å²) in [5.41, 5.74) is 0.365. The Balaban J connectivity index is 1.78. The van der Waals surface area contributed by atoms with Crippen LogP contribution < -0.4 is 0 Å². The second-order valence-electron chi connectivity index (χ2n) is 6.08. The van der Waals surface area contributed by atoms with Crippen LogP contribution in [0.1, 0.15) is 31.7 Å². The maximum absolute atomic E-state index is 10.9. The Morgan fingerprint density at radius 3 is 3.00 bits per heavy atom. The Morgan fingerprint density at radius 2 is 2.25 bits per heavy atom. The molecular formula is C16H21NO2S. The van der Waals surface area contributed by atoms with Crippen LogP contribution in [0.4, 0.5) is 0 Å². The number of aromatic nitrogens is 1. The Kier molecular flexibility index (Phi) is 3.80. The molecule has 2 unspecified atom stereocenters. The lowest BCUT2D eigenvalue weighted by Gasteiger charge is -2.38. The van der Waals surface area contributed by atoms with Gasteiger partial charge in [0.2, 0.25) is 0 Å². The van der Waals surface area contributed by atoms with E-state index >= 15 is 0 Å². The summed E-state index contributed by atoms with van der Waals surface area (Å²) in [6.07, 6.45) is 2.20. The number of ether oxygens (including phenoxy) is 1. The van der Waals surface area contributed by atoms with Gasteiger partial charge in [0.15, 0.2) is 0 Å². The smallest absolute Gasteiger partial charge is 0.0967 e. The van der Waals surface area contributed by atoms with E-state index in [1.54, 1.807) is 11.3 Å². The van der Waals surface area contributed by atoms with Crippen LogP contribution >= 0.6 is 11.3 Å². The first-order chi connectivity index (χ1) is 9.56. The van der Waals surface area contributed by atoms with Crippen molar-refractivity contribution < 1.29 is 9.84 Å². The molecule has 0 bridgehead atoms. The minimum atomic E-state index is -0.666. The fraction of sp³-hybridized carbons (Fsp3) is 0.562. The van der Waals surface area contributed by atoms with Crippen LogP contribution in [0.3, 0.4) is 0 Å². The number of aliphatic hydroxyl groups is 1. The number of hydrogen-bond donors (Lipinski definition) is 1. The van der Waals surface area contributed by atoms with Crippen LogP contribution in [0.25, 0.3) is 10.2 Å². The predicted molar refractivity (Wildman–Crippen MR) is 82.1 cm³/mol. The van der Waals surface area contributed by atoms with Gasteiger partial charge < -0.3 is 9.84 Å². The molecule has 0 saturated carbocycles. The van der Waals surface area contributed by atoms with Crippen LogP contribution in [0.5, 0.6) is 0 Å². The van der Waals surface area contributed by atoms with Gasteiger partial charge in [-0.25, -0.2) is 4.98 Å². The van der Waals surface area contributed by atoms with Crippen LogP contribution in [0.2, 0.25) is 0 Å². The molecule has 2 heterocycles. The Hall–Kier alpha value is -0.970. The Labute approximate surface area is 123 Å². The van der Waals surface area contributed by atoms with Crippen molar-refractivity contribution in [1.82, 2.24) is 4.98 Å². The van der Waals surface area contributed by atoms with Gasteiger partial charge in [-0.3, -0.25) is 0 Å². The molecule has 1 fully saturated rings. The molecule has 1 aliphatic rings. The van der Waals surface area contributed by atoms with Gasteiger partial charge in [-0.2, -0.15) is 0 Å². The number of hydrogen-bond acceptors (Lipinski definition) is 4. The van der Waals surface area contributed by atoms with Crippen molar-refractivity contribution in [2.75, 3.05) is 6.61 Å². The largest absolute Gasteiger partial charge is 0.389 e. The molecule has 0 amide bonds. The van der Waals surface area contributed by atoms with Crippen molar-refractivity contribution in [3.8, 4) is 0 Å².